The summed E-state index contributed by atoms with van der Waals surface area (Å²) < 4.78 is 12.9. The monoisotopic (exact) mass is 265 g/mol. The predicted octanol–water partition coefficient (Wildman–Crippen LogP) is 4.56. The second-order valence-corrected chi connectivity index (χ2v) is 5.40. The van der Waals surface area contributed by atoms with Crippen molar-refractivity contribution in [1.29, 1.82) is 0 Å². The van der Waals surface area contributed by atoms with Crippen LogP contribution in [-0.4, -0.2) is 12.6 Å². The van der Waals surface area contributed by atoms with Crippen LogP contribution in [0.15, 0.2) is 24.3 Å². The van der Waals surface area contributed by atoms with Crippen molar-refractivity contribution in [3.8, 4) is 0 Å². The quantitative estimate of drug-likeness (QED) is 0.690. The van der Waals surface area contributed by atoms with Gasteiger partial charge in [-0.25, -0.2) is 4.39 Å². The van der Waals surface area contributed by atoms with Crippen molar-refractivity contribution in [3.05, 3.63) is 35.6 Å². The summed E-state index contributed by atoms with van der Waals surface area (Å²) in [4.78, 5) is 0. The van der Waals surface area contributed by atoms with Gasteiger partial charge in [-0.15, -0.1) is 0 Å². The van der Waals surface area contributed by atoms with Gasteiger partial charge in [-0.05, 0) is 49.4 Å². The van der Waals surface area contributed by atoms with Crippen molar-refractivity contribution in [1.82, 2.24) is 5.32 Å². The fourth-order valence-corrected chi connectivity index (χ4v) is 2.52. The smallest absolute Gasteiger partial charge is 0.123 e. The summed E-state index contributed by atoms with van der Waals surface area (Å²) in [5.74, 6) is 0.636. The zero-order valence-corrected chi connectivity index (χ0v) is 12.6. The topological polar surface area (TPSA) is 12.0 Å². The Kier molecular flexibility index (Phi) is 7.73. The highest BCUT2D eigenvalue weighted by Crippen LogP contribution is 2.18. The second kappa shape index (κ2) is 9.08. The minimum Gasteiger partial charge on any atom is -0.314 e. The Balaban J connectivity index is 2.59. The van der Waals surface area contributed by atoms with E-state index < -0.39 is 0 Å². The van der Waals surface area contributed by atoms with Crippen LogP contribution >= 0.6 is 0 Å². The Bertz CT molecular complexity index is 330. The summed E-state index contributed by atoms with van der Waals surface area (Å²) in [6.45, 7) is 7.79. The van der Waals surface area contributed by atoms with Gasteiger partial charge in [-0.2, -0.15) is 0 Å². The van der Waals surface area contributed by atoms with E-state index in [1.165, 1.54) is 24.8 Å². The van der Waals surface area contributed by atoms with Crippen molar-refractivity contribution in [2.45, 2.75) is 58.9 Å². The first-order valence-corrected chi connectivity index (χ1v) is 7.67. The lowest BCUT2D eigenvalue weighted by Gasteiger charge is -2.23. The van der Waals surface area contributed by atoms with Gasteiger partial charge < -0.3 is 5.32 Å². The molecule has 0 aliphatic rings. The van der Waals surface area contributed by atoms with Crippen molar-refractivity contribution in [2.75, 3.05) is 6.54 Å². The molecule has 0 spiro atoms. The predicted molar refractivity (Wildman–Crippen MR) is 80.9 cm³/mol. The third-order valence-electron chi connectivity index (χ3n) is 3.85. The highest BCUT2D eigenvalue weighted by Gasteiger charge is 2.14. The van der Waals surface area contributed by atoms with E-state index in [1.807, 2.05) is 12.1 Å². The van der Waals surface area contributed by atoms with E-state index in [0.717, 1.165) is 25.3 Å². The van der Waals surface area contributed by atoms with E-state index >= 15 is 0 Å². The maximum absolute atomic E-state index is 12.9. The summed E-state index contributed by atoms with van der Waals surface area (Å²) in [6.07, 6.45) is 5.85. The van der Waals surface area contributed by atoms with Crippen LogP contribution in [0.3, 0.4) is 0 Å². The fraction of sp³-hybridized carbons (Fsp3) is 0.647. The molecular weight excluding hydrogens is 237 g/mol. The molecule has 1 aromatic rings. The number of nitrogens with one attached hydrogen (secondary N) is 1. The Morgan fingerprint density at radius 2 is 1.68 bits per heavy atom. The minimum atomic E-state index is -0.151. The lowest BCUT2D eigenvalue weighted by Crippen LogP contribution is -2.33. The molecule has 0 aromatic heterocycles. The van der Waals surface area contributed by atoms with E-state index in [1.54, 1.807) is 12.1 Å². The first-order valence-electron chi connectivity index (χ1n) is 7.67. The maximum atomic E-state index is 12.9. The molecule has 0 amide bonds. The second-order valence-electron chi connectivity index (χ2n) is 5.40. The lowest BCUT2D eigenvalue weighted by atomic mass is 9.91. The van der Waals surface area contributed by atoms with Crippen LogP contribution in [0.25, 0.3) is 0 Å². The molecule has 0 saturated carbocycles. The normalized spacial score (nSPS) is 12.9. The molecule has 2 heteroatoms. The number of rotatable bonds is 9. The Morgan fingerprint density at radius 3 is 2.21 bits per heavy atom. The van der Waals surface area contributed by atoms with Gasteiger partial charge in [0.25, 0.3) is 0 Å². The highest BCUT2D eigenvalue weighted by molar-refractivity contribution is 5.17. The summed E-state index contributed by atoms with van der Waals surface area (Å²) in [5.41, 5.74) is 1.22. The molecule has 1 rings (SSSR count). The molecule has 0 bridgehead atoms. The number of halogens is 1. The zero-order valence-electron chi connectivity index (χ0n) is 12.6. The molecule has 19 heavy (non-hydrogen) atoms. The summed E-state index contributed by atoms with van der Waals surface area (Å²) in [6, 6.07) is 7.44. The van der Waals surface area contributed by atoms with E-state index in [4.69, 9.17) is 0 Å². The van der Waals surface area contributed by atoms with Crippen LogP contribution in [0.2, 0.25) is 0 Å². The third-order valence-corrected chi connectivity index (χ3v) is 3.85. The van der Waals surface area contributed by atoms with Crippen molar-refractivity contribution in [3.63, 3.8) is 0 Å². The minimum absolute atomic E-state index is 0.151. The van der Waals surface area contributed by atoms with Crippen LogP contribution < -0.4 is 5.32 Å². The van der Waals surface area contributed by atoms with E-state index in [0.29, 0.717) is 6.04 Å². The van der Waals surface area contributed by atoms with Crippen LogP contribution in [0.5, 0.6) is 0 Å². The van der Waals surface area contributed by atoms with Crippen molar-refractivity contribution in [2.24, 2.45) is 5.92 Å². The van der Waals surface area contributed by atoms with Gasteiger partial charge in [0.05, 0.1) is 0 Å². The van der Waals surface area contributed by atoms with E-state index in [2.05, 4.69) is 26.1 Å². The largest absolute Gasteiger partial charge is 0.314 e. The zero-order chi connectivity index (χ0) is 14.1. The van der Waals surface area contributed by atoms with E-state index in [9.17, 15) is 4.39 Å². The summed E-state index contributed by atoms with van der Waals surface area (Å²) >= 11 is 0. The average Bonchev–Trinajstić information content (AvgIpc) is 2.44. The summed E-state index contributed by atoms with van der Waals surface area (Å²) in [5, 5.41) is 3.64. The van der Waals surface area contributed by atoms with Crippen LogP contribution in [0.4, 0.5) is 4.39 Å². The standard InChI is InChI=1S/C17H28FN/c1-4-11-19-17(12-14(5-2)6-3)13-15-7-9-16(18)10-8-15/h7-10,14,17,19H,4-6,11-13H2,1-3H3. The molecule has 1 nitrogen and oxygen atoms in total. The highest BCUT2D eigenvalue weighted by atomic mass is 19.1. The van der Waals surface area contributed by atoms with Gasteiger partial charge in [0.2, 0.25) is 0 Å². The fourth-order valence-electron chi connectivity index (χ4n) is 2.52. The molecule has 0 fully saturated rings. The van der Waals surface area contributed by atoms with Gasteiger partial charge in [-0.3, -0.25) is 0 Å². The molecule has 1 aromatic carbocycles. The molecule has 0 heterocycles. The molecule has 1 N–H and O–H groups in total. The van der Waals surface area contributed by atoms with Crippen LogP contribution in [0, 0.1) is 11.7 Å². The Morgan fingerprint density at radius 1 is 1.05 bits per heavy atom. The van der Waals surface area contributed by atoms with Crippen LogP contribution in [0.1, 0.15) is 52.0 Å². The molecular formula is C17H28FN. The van der Waals surface area contributed by atoms with Crippen molar-refractivity contribution >= 4 is 0 Å². The van der Waals surface area contributed by atoms with Gasteiger partial charge >= 0.3 is 0 Å². The Hall–Kier alpha value is -0.890. The van der Waals surface area contributed by atoms with Crippen molar-refractivity contribution < 1.29 is 4.39 Å². The van der Waals surface area contributed by atoms with Gasteiger partial charge in [-0.1, -0.05) is 45.7 Å². The molecule has 108 valence electrons. The lowest BCUT2D eigenvalue weighted by molar-refractivity contribution is 0.363. The first-order chi connectivity index (χ1) is 9.19. The van der Waals surface area contributed by atoms with Crippen LogP contribution in [-0.2, 0) is 6.42 Å². The maximum Gasteiger partial charge on any atom is 0.123 e. The van der Waals surface area contributed by atoms with Gasteiger partial charge in [0.15, 0.2) is 0 Å². The van der Waals surface area contributed by atoms with E-state index in [-0.39, 0.29) is 5.82 Å². The Labute approximate surface area is 117 Å². The molecule has 0 radical (unpaired) electrons. The number of hydrogen-bond acceptors (Lipinski definition) is 1. The van der Waals surface area contributed by atoms with Gasteiger partial charge in [0, 0.05) is 6.04 Å². The molecule has 0 aliphatic carbocycles. The van der Waals surface area contributed by atoms with Gasteiger partial charge in [0.1, 0.15) is 5.82 Å². The molecule has 1 unspecified atom stereocenters. The third kappa shape index (κ3) is 6.20. The number of benzene rings is 1. The average molecular weight is 265 g/mol. The number of hydrogen-bond donors (Lipinski definition) is 1. The summed E-state index contributed by atoms with van der Waals surface area (Å²) in [7, 11) is 0. The SMILES string of the molecule is CCCNC(Cc1ccc(F)cc1)CC(CC)CC. The molecule has 0 aliphatic heterocycles. The molecule has 0 saturated heterocycles. The molecule has 1 atom stereocenters. The first kappa shape index (κ1) is 16.2.